The lowest BCUT2D eigenvalue weighted by Gasteiger charge is -2.22. The topological polar surface area (TPSA) is 74.8 Å². The minimum atomic E-state index is -0.354. The molecule has 0 spiro atoms. The van der Waals surface area contributed by atoms with E-state index in [1.54, 1.807) is 0 Å². The van der Waals surface area contributed by atoms with Gasteiger partial charge in [0.15, 0.2) is 5.96 Å². The van der Waals surface area contributed by atoms with Gasteiger partial charge in [-0.3, -0.25) is 9.79 Å². The molecule has 23 heavy (non-hydrogen) atoms. The number of rotatable bonds is 6. The lowest BCUT2D eigenvalue weighted by atomic mass is 9.96. The van der Waals surface area contributed by atoms with Crippen LogP contribution in [-0.4, -0.2) is 50.3 Å². The molecule has 0 radical (unpaired) electrons. The molecule has 1 aliphatic rings. The number of ether oxygens (including phenoxy) is 1. The van der Waals surface area contributed by atoms with E-state index < -0.39 is 0 Å². The van der Waals surface area contributed by atoms with E-state index in [1.165, 1.54) is 0 Å². The summed E-state index contributed by atoms with van der Waals surface area (Å²) in [6, 6.07) is 0. The van der Waals surface area contributed by atoms with Gasteiger partial charge in [-0.1, -0.05) is 20.8 Å². The summed E-state index contributed by atoms with van der Waals surface area (Å²) in [5.41, 5.74) is -0.490. The molecule has 0 aromatic heterocycles. The molecule has 6 nitrogen and oxygen atoms in total. The highest BCUT2D eigenvalue weighted by molar-refractivity contribution is 14.0. The summed E-state index contributed by atoms with van der Waals surface area (Å²) in [7, 11) is 0. The fourth-order valence-corrected chi connectivity index (χ4v) is 2.17. The van der Waals surface area contributed by atoms with E-state index in [-0.39, 0.29) is 40.9 Å². The Kier molecular flexibility index (Phi) is 10.1. The molecular weight excluding hydrogens is 407 g/mol. The van der Waals surface area contributed by atoms with Crippen LogP contribution in [0, 0.1) is 5.41 Å². The summed E-state index contributed by atoms with van der Waals surface area (Å²) < 4.78 is 5.74. The molecule has 1 unspecified atom stereocenters. The van der Waals surface area contributed by atoms with E-state index in [0.717, 1.165) is 32.0 Å². The van der Waals surface area contributed by atoms with Crippen molar-refractivity contribution in [1.82, 2.24) is 16.0 Å². The van der Waals surface area contributed by atoms with Crippen LogP contribution in [0.1, 0.15) is 47.5 Å². The SMILES string of the molecule is CCNC(=NCC1(C)CCCO1)NCCNC(=O)C(C)(C)C.I. The Morgan fingerprint density at radius 2 is 1.87 bits per heavy atom. The molecule has 7 heteroatoms. The standard InChI is InChI=1S/C16H32N4O2.HI/c1-6-17-14(20-12-16(5)8-7-11-22-16)19-10-9-18-13(21)15(2,3)4;/h6-12H2,1-5H3,(H,18,21)(H2,17,19,20);1H. The van der Waals surface area contributed by atoms with Crippen molar-refractivity contribution in [3.63, 3.8) is 0 Å². The fourth-order valence-electron chi connectivity index (χ4n) is 2.17. The van der Waals surface area contributed by atoms with E-state index in [4.69, 9.17) is 4.74 Å². The number of carbonyl (C=O) groups is 1. The Bertz CT molecular complexity index is 388. The molecule has 0 aromatic carbocycles. The van der Waals surface area contributed by atoms with Crippen molar-refractivity contribution in [1.29, 1.82) is 0 Å². The van der Waals surface area contributed by atoms with Gasteiger partial charge in [-0.2, -0.15) is 0 Å². The first-order valence-corrected chi connectivity index (χ1v) is 8.21. The summed E-state index contributed by atoms with van der Waals surface area (Å²) in [6.07, 6.45) is 2.16. The van der Waals surface area contributed by atoms with Crippen LogP contribution in [0.4, 0.5) is 0 Å². The van der Waals surface area contributed by atoms with Gasteiger partial charge in [-0.05, 0) is 26.7 Å². The fraction of sp³-hybridized carbons (Fsp3) is 0.875. The summed E-state index contributed by atoms with van der Waals surface area (Å²) in [4.78, 5) is 16.4. The van der Waals surface area contributed by atoms with Gasteiger partial charge in [0.1, 0.15) is 0 Å². The van der Waals surface area contributed by atoms with E-state index >= 15 is 0 Å². The molecule has 1 aliphatic heterocycles. The molecule has 136 valence electrons. The van der Waals surface area contributed by atoms with E-state index in [9.17, 15) is 4.79 Å². The lowest BCUT2D eigenvalue weighted by molar-refractivity contribution is -0.128. The van der Waals surface area contributed by atoms with Crippen molar-refractivity contribution in [3.05, 3.63) is 0 Å². The average Bonchev–Trinajstić information content (AvgIpc) is 2.86. The smallest absolute Gasteiger partial charge is 0.225 e. The number of hydrogen-bond acceptors (Lipinski definition) is 3. The van der Waals surface area contributed by atoms with E-state index in [1.807, 2.05) is 27.7 Å². The van der Waals surface area contributed by atoms with Crippen molar-refractivity contribution < 1.29 is 9.53 Å². The third-order valence-corrected chi connectivity index (χ3v) is 3.60. The number of amides is 1. The number of nitrogens with one attached hydrogen (secondary N) is 3. The van der Waals surface area contributed by atoms with Crippen LogP contribution >= 0.6 is 24.0 Å². The number of halogens is 1. The quantitative estimate of drug-likeness (QED) is 0.255. The highest BCUT2D eigenvalue weighted by atomic mass is 127. The van der Waals surface area contributed by atoms with Crippen LogP contribution in [0.3, 0.4) is 0 Å². The van der Waals surface area contributed by atoms with Crippen LogP contribution in [0.2, 0.25) is 0 Å². The lowest BCUT2D eigenvalue weighted by Crippen LogP contribution is -2.44. The van der Waals surface area contributed by atoms with E-state index in [0.29, 0.717) is 19.6 Å². The van der Waals surface area contributed by atoms with Gasteiger partial charge in [0.2, 0.25) is 5.91 Å². The second-order valence-corrected chi connectivity index (χ2v) is 7.03. The van der Waals surface area contributed by atoms with Crippen LogP contribution in [0.15, 0.2) is 4.99 Å². The summed E-state index contributed by atoms with van der Waals surface area (Å²) in [5.74, 6) is 0.826. The molecule has 1 amide bonds. The average molecular weight is 440 g/mol. The highest BCUT2D eigenvalue weighted by Crippen LogP contribution is 2.24. The third-order valence-electron chi connectivity index (χ3n) is 3.60. The van der Waals surface area contributed by atoms with Gasteiger partial charge in [-0.25, -0.2) is 0 Å². The largest absolute Gasteiger partial charge is 0.373 e. The Morgan fingerprint density at radius 3 is 2.39 bits per heavy atom. The number of carbonyl (C=O) groups excluding carboxylic acids is 1. The second kappa shape index (κ2) is 10.3. The summed E-state index contributed by atoms with van der Waals surface area (Å²) in [5, 5.41) is 9.37. The van der Waals surface area contributed by atoms with Crippen molar-refractivity contribution in [2.24, 2.45) is 10.4 Å². The highest BCUT2D eigenvalue weighted by Gasteiger charge is 2.29. The zero-order chi connectivity index (χ0) is 16.6. The van der Waals surface area contributed by atoms with E-state index in [2.05, 4.69) is 27.9 Å². The third kappa shape index (κ3) is 8.74. The predicted octanol–water partition coefficient (Wildman–Crippen LogP) is 1.89. The van der Waals surface area contributed by atoms with Gasteiger partial charge in [0.25, 0.3) is 0 Å². The minimum absolute atomic E-state index is 0. The Morgan fingerprint density at radius 1 is 1.22 bits per heavy atom. The molecule has 0 aliphatic carbocycles. The minimum Gasteiger partial charge on any atom is -0.373 e. The van der Waals surface area contributed by atoms with Gasteiger partial charge in [0, 0.05) is 31.7 Å². The Hall–Kier alpha value is -0.570. The molecule has 0 saturated carbocycles. The Labute approximate surface area is 157 Å². The first-order valence-electron chi connectivity index (χ1n) is 8.21. The molecule has 0 aromatic rings. The number of guanidine groups is 1. The van der Waals surface area contributed by atoms with Gasteiger partial charge in [-0.15, -0.1) is 24.0 Å². The number of nitrogens with zero attached hydrogens (tertiary/aromatic N) is 1. The molecule has 1 fully saturated rings. The van der Waals surface area contributed by atoms with Crippen molar-refractivity contribution in [3.8, 4) is 0 Å². The molecular formula is C16H33IN4O2. The molecule has 0 bridgehead atoms. The molecule has 1 heterocycles. The van der Waals surface area contributed by atoms with Crippen LogP contribution in [0.5, 0.6) is 0 Å². The van der Waals surface area contributed by atoms with Gasteiger partial charge >= 0.3 is 0 Å². The second-order valence-electron chi connectivity index (χ2n) is 7.03. The maximum absolute atomic E-state index is 11.8. The predicted molar refractivity (Wildman–Crippen MR) is 105 cm³/mol. The van der Waals surface area contributed by atoms with Crippen LogP contribution < -0.4 is 16.0 Å². The van der Waals surface area contributed by atoms with Crippen LogP contribution in [0.25, 0.3) is 0 Å². The van der Waals surface area contributed by atoms with Crippen molar-refractivity contribution in [2.75, 3.05) is 32.8 Å². The maximum Gasteiger partial charge on any atom is 0.225 e. The number of hydrogen-bond donors (Lipinski definition) is 3. The first kappa shape index (κ1) is 22.4. The van der Waals surface area contributed by atoms with Crippen molar-refractivity contribution >= 4 is 35.8 Å². The molecule has 1 atom stereocenters. The number of aliphatic imine (C=N–C) groups is 1. The van der Waals surface area contributed by atoms with Crippen LogP contribution in [-0.2, 0) is 9.53 Å². The van der Waals surface area contributed by atoms with Gasteiger partial charge < -0.3 is 20.7 Å². The molecule has 3 N–H and O–H groups in total. The zero-order valence-electron chi connectivity index (χ0n) is 15.1. The zero-order valence-corrected chi connectivity index (χ0v) is 17.5. The normalized spacial score (nSPS) is 21.5. The monoisotopic (exact) mass is 440 g/mol. The molecule has 1 rings (SSSR count). The maximum atomic E-state index is 11.8. The van der Waals surface area contributed by atoms with Crippen molar-refractivity contribution in [2.45, 2.75) is 53.1 Å². The Balaban J connectivity index is 0.00000484. The van der Waals surface area contributed by atoms with Gasteiger partial charge in [0.05, 0.1) is 12.1 Å². The molecule has 1 saturated heterocycles. The summed E-state index contributed by atoms with van der Waals surface area (Å²) >= 11 is 0. The first-order chi connectivity index (χ1) is 10.3. The summed E-state index contributed by atoms with van der Waals surface area (Å²) in [6.45, 7) is 13.4.